The van der Waals surface area contributed by atoms with Crippen LogP contribution in [0.15, 0.2) is 36.7 Å². The number of aryl methyl sites for hydroxylation is 1. The van der Waals surface area contributed by atoms with Gasteiger partial charge in [-0.25, -0.2) is 9.97 Å². The van der Waals surface area contributed by atoms with E-state index < -0.39 is 0 Å². The monoisotopic (exact) mass is 229 g/mol. The van der Waals surface area contributed by atoms with E-state index in [0.717, 1.165) is 17.0 Å². The predicted molar refractivity (Wildman–Crippen MR) is 65.9 cm³/mol. The van der Waals surface area contributed by atoms with Crippen LogP contribution in [0.5, 0.6) is 11.6 Å². The second kappa shape index (κ2) is 4.93. The second-order valence-corrected chi connectivity index (χ2v) is 3.96. The molecule has 2 aromatic rings. The van der Waals surface area contributed by atoms with E-state index in [-0.39, 0.29) is 6.04 Å². The molecule has 0 fully saturated rings. The van der Waals surface area contributed by atoms with Crippen LogP contribution < -0.4 is 10.5 Å². The molecule has 1 aromatic heterocycles. The molecule has 1 heterocycles. The number of hydrogen-bond donors (Lipinski definition) is 1. The summed E-state index contributed by atoms with van der Waals surface area (Å²) in [6, 6.07) is 9.47. The molecule has 0 spiro atoms. The van der Waals surface area contributed by atoms with Gasteiger partial charge in [-0.3, -0.25) is 0 Å². The lowest BCUT2D eigenvalue weighted by molar-refractivity contribution is 0.459. The summed E-state index contributed by atoms with van der Waals surface area (Å²) in [7, 11) is 0. The van der Waals surface area contributed by atoms with Crippen molar-refractivity contribution in [2.24, 2.45) is 5.73 Å². The van der Waals surface area contributed by atoms with Crippen LogP contribution in [-0.2, 0) is 0 Å². The number of hydrogen-bond acceptors (Lipinski definition) is 4. The lowest BCUT2D eigenvalue weighted by Gasteiger charge is -2.09. The van der Waals surface area contributed by atoms with Gasteiger partial charge in [-0.2, -0.15) is 0 Å². The third-order valence-corrected chi connectivity index (χ3v) is 2.39. The van der Waals surface area contributed by atoms with Crippen molar-refractivity contribution >= 4 is 0 Å². The fourth-order valence-corrected chi connectivity index (χ4v) is 1.47. The number of rotatable bonds is 3. The van der Waals surface area contributed by atoms with E-state index >= 15 is 0 Å². The first-order chi connectivity index (χ1) is 8.15. The quantitative estimate of drug-likeness (QED) is 0.878. The van der Waals surface area contributed by atoms with Crippen LogP contribution in [0.2, 0.25) is 0 Å². The van der Waals surface area contributed by atoms with E-state index in [0.29, 0.717) is 5.88 Å². The molecule has 2 rings (SSSR count). The normalized spacial score (nSPS) is 12.2. The van der Waals surface area contributed by atoms with Gasteiger partial charge < -0.3 is 10.5 Å². The van der Waals surface area contributed by atoms with Crippen LogP contribution >= 0.6 is 0 Å². The fourth-order valence-electron chi connectivity index (χ4n) is 1.47. The van der Waals surface area contributed by atoms with Crippen molar-refractivity contribution in [1.82, 2.24) is 9.97 Å². The minimum Gasteiger partial charge on any atom is -0.439 e. The Balaban J connectivity index is 2.21. The summed E-state index contributed by atoms with van der Waals surface area (Å²) in [4.78, 5) is 8.06. The summed E-state index contributed by atoms with van der Waals surface area (Å²) in [5, 5.41) is 0. The van der Waals surface area contributed by atoms with Crippen molar-refractivity contribution in [2.45, 2.75) is 19.9 Å². The molecule has 4 heteroatoms. The zero-order valence-corrected chi connectivity index (χ0v) is 9.92. The SMILES string of the molecule is Cc1cc(Oc2cccc(C(C)N)c2)ncn1. The summed E-state index contributed by atoms with van der Waals surface area (Å²) < 4.78 is 5.64. The molecule has 0 bridgehead atoms. The van der Waals surface area contributed by atoms with Crippen molar-refractivity contribution in [3.63, 3.8) is 0 Å². The lowest BCUT2D eigenvalue weighted by Crippen LogP contribution is -2.04. The molecule has 4 nitrogen and oxygen atoms in total. The van der Waals surface area contributed by atoms with E-state index in [1.165, 1.54) is 6.33 Å². The summed E-state index contributed by atoms with van der Waals surface area (Å²) in [6.07, 6.45) is 1.49. The van der Waals surface area contributed by atoms with Gasteiger partial charge in [-0.1, -0.05) is 12.1 Å². The van der Waals surface area contributed by atoms with Gasteiger partial charge in [0.25, 0.3) is 0 Å². The average Bonchev–Trinajstić information content (AvgIpc) is 2.29. The molecule has 0 aliphatic heterocycles. The van der Waals surface area contributed by atoms with E-state index in [1.807, 2.05) is 38.1 Å². The zero-order valence-electron chi connectivity index (χ0n) is 9.92. The van der Waals surface area contributed by atoms with E-state index in [2.05, 4.69) is 9.97 Å². The Morgan fingerprint density at radius 1 is 1.24 bits per heavy atom. The van der Waals surface area contributed by atoms with E-state index in [9.17, 15) is 0 Å². The topological polar surface area (TPSA) is 61.0 Å². The third-order valence-electron chi connectivity index (χ3n) is 2.39. The Hall–Kier alpha value is -1.94. The Bertz CT molecular complexity index is 512. The van der Waals surface area contributed by atoms with E-state index in [1.54, 1.807) is 6.07 Å². The van der Waals surface area contributed by atoms with Crippen molar-refractivity contribution < 1.29 is 4.74 Å². The number of ether oxygens (including phenoxy) is 1. The number of nitrogens with zero attached hydrogens (tertiary/aromatic N) is 2. The van der Waals surface area contributed by atoms with Gasteiger partial charge in [0.2, 0.25) is 5.88 Å². The Morgan fingerprint density at radius 3 is 2.76 bits per heavy atom. The maximum absolute atomic E-state index is 5.82. The largest absolute Gasteiger partial charge is 0.439 e. The van der Waals surface area contributed by atoms with Crippen LogP contribution in [0.3, 0.4) is 0 Å². The van der Waals surface area contributed by atoms with Crippen molar-refractivity contribution in [1.29, 1.82) is 0 Å². The molecule has 1 unspecified atom stereocenters. The minimum atomic E-state index is -0.00862. The average molecular weight is 229 g/mol. The number of aromatic nitrogens is 2. The summed E-state index contributed by atoms with van der Waals surface area (Å²) in [6.45, 7) is 3.83. The summed E-state index contributed by atoms with van der Waals surface area (Å²) in [5.41, 5.74) is 7.73. The van der Waals surface area contributed by atoms with Crippen LogP contribution in [0.25, 0.3) is 0 Å². The van der Waals surface area contributed by atoms with Gasteiger partial charge in [-0.15, -0.1) is 0 Å². The molecule has 0 amide bonds. The van der Waals surface area contributed by atoms with Crippen molar-refractivity contribution in [2.75, 3.05) is 0 Å². The standard InChI is InChI=1S/C13H15N3O/c1-9-6-13(16-8-15-9)17-12-5-3-4-11(7-12)10(2)14/h3-8,10H,14H2,1-2H3. The molecular formula is C13H15N3O. The molecule has 0 radical (unpaired) electrons. The van der Waals surface area contributed by atoms with E-state index in [4.69, 9.17) is 10.5 Å². The molecule has 0 aliphatic carbocycles. The van der Waals surface area contributed by atoms with Crippen molar-refractivity contribution in [3.8, 4) is 11.6 Å². The molecular weight excluding hydrogens is 214 g/mol. The van der Waals surface area contributed by atoms with Gasteiger partial charge in [0.15, 0.2) is 0 Å². The first-order valence-corrected chi connectivity index (χ1v) is 5.47. The smallest absolute Gasteiger partial charge is 0.222 e. The molecule has 2 N–H and O–H groups in total. The molecule has 0 aliphatic rings. The highest BCUT2D eigenvalue weighted by atomic mass is 16.5. The lowest BCUT2D eigenvalue weighted by atomic mass is 10.1. The highest BCUT2D eigenvalue weighted by molar-refractivity contribution is 5.32. The first-order valence-electron chi connectivity index (χ1n) is 5.47. The zero-order chi connectivity index (χ0) is 12.3. The Labute approximate surface area is 100 Å². The summed E-state index contributed by atoms with van der Waals surface area (Å²) >= 11 is 0. The number of nitrogens with two attached hydrogens (primary N) is 1. The van der Waals surface area contributed by atoms with Crippen molar-refractivity contribution in [3.05, 3.63) is 47.9 Å². The first kappa shape index (κ1) is 11.5. The maximum atomic E-state index is 5.82. The number of benzene rings is 1. The molecule has 0 saturated heterocycles. The van der Waals surface area contributed by atoms with Gasteiger partial charge in [0.1, 0.15) is 12.1 Å². The van der Waals surface area contributed by atoms with Crippen LogP contribution in [-0.4, -0.2) is 9.97 Å². The Kier molecular flexibility index (Phi) is 3.35. The Morgan fingerprint density at radius 2 is 2.06 bits per heavy atom. The fraction of sp³-hybridized carbons (Fsp3) is 0.231. The van der Waals surface area contributed by atoms with Gasteiger partial charge >= 0.3 is 0 Å². The second-order valence-electron chi connectivity index (χ2n) is 3.96. The molecule has 17 heavy (non-hydrogen) atoms. The van der Waals surface area contributed by atoms with Gasteiger partial charge in [0, 0.05) is 17.8 Å². The molecule has 88 valence electrons. The highest BCUT2D eigenvalue weighted by Gasteiger charge is 2.03. The third kappa shape index (κ3) is 3.01. The molecule has 1 aromatic carbocycles. The molecule has 0 saturated carbocycles. The summed E-state index contributed by atoms with van der Waals surface area (Å²) in [5.74, 6) is 1.28. The minimum absolute atomic E-state index is 0.00862. The van der Waals surface area contributed by atoms with Crippen LogP contribution in [0, 0.1) is 6.92 Å². The molecule has 1 atom stereocenters. The highest BCUT2D eigenvalue weighted by Crippen LogP contribution is 2.22. The predicted octanol–water partition coefficient (Wildman–Crippen LogP) is 2.60. The van der Waals surface area contributed by atoms with Crippen LogP contribution in [0.1, 0.15) is 24.2 Å². The van der Waals surface area contributed by atoms with Gasteiger partial charge in [-0.05, 0) is 31.5 Å². The van der Waals surface area contributed by atoms with Crippen LogP contribution in [0.4, 0.5) is 0 Å². The maximum Gasteiger partial charge on any atom is 0.222 e. The van der Waals surface area contributed by atoms with Gasteiger partial charge in [0.05, 0.1) is 0 Å².